The van der Waals surface area contributed by atoms with E-state index >= 15 is 0 Å². The molecule has 2 heterocycles. The van der Waals surface area contributed by atoms with E-state index in [4.69, 9.17) is 5.84 Å². The quantitative estimate of drug-likeness (QED) is 0.343. The van der Waals surface area contributed by atoms with E-state index in [9.17, 15) is 4.79 Å². The van der Waals surface area contributed by atoms with Crippen molar-refractivity contribution in [2.75, 3.05) is 5.75 Å². The van der Waals surface area contributed by atoms with Crippen molar-refractivity contribution in [2.45, 2.75) is 11.6 Å². The van der Waals surface area contributed by atoms with E-state index in [2.05, 4.69) is 15.6 Å². The summed E-state index contributed by atoms with van der Waals surface area (Å²) in [4.78, 5) is 10.9. The molecule has 3 N–H and O–H groups in total. The summed E-state index contributed by atoms with van der Waals surface area (Å²) in [6.07, 6.45) is 2.25. The average molecular weight is 237 g/mol. The number of nitrogens with two attached hydrogens (primary N) is 1. The summed E-state index contributed by atoms with van der Waals surface area (Å²) in [6, 6.07) is 5.69. The van der Waals surface area contributed by atoms with Gasteiger partial charge in [0.05, 0.1) is 0 Å². The summed E-state index contributed by atoms with van der Waals surface area (Å²) < 4.78 is 1.88. The summed E-state index contributed by atoms with van der Waals surface area (Å²) in [5.74, 6) is 5.42. The third kappa shape index (κ3) is 2.31. The number of nitrogens with zero attached hydrogens (tertiary/aromatic N) is 3. The molecule has 0 saturated heterocycles. The van der Waals surface area contributed by atoms with E-state index in [0.29, 0.717) is 12.2 Å². The zero-order chi connectivity index (χ0) is 11.4. The first-order valence-corrected chi connectivity index (χ1v) is 5.72. The number of hydrazine groups is 1. The van der Waals surface area contributed by atoms with Crippen molar-refractivity contribution in [2.24, 2.45) is 5.84 Å². The van der Waals surface area contributed by atoms with E-state index in [1.165, 1.54) is 11.8 Å². The Hall–Kier alpha value is -1.60. The normalized spacial score (nSPS) is 10.6. The molecule has 2 aromatic heterocycles. The Balaban J connectivity index is 2.02. The van der Waals surface area contributed by atoms with Gasteiger partial charge < -0.3 is 0 Å². The molecule has 0 atom stereocenters. The molecule has 0 saturated carbocycles. The highest BCUT2D eigenvalue weighted by atomic mass is 32.2. The maximum atomic E-state index is 10.9. The predicted octanol–water partition coefficient (Wildman–Crippen LogP) is 0.201. The minimum absolute atomic E-state index is 0.179. The molecule has 2 rings (SSSR count). The third-order valence-corrected chi connectivity index (χ3v) is 2.95. The molecule has 6 nitrogen and oxygen atoms in total. The second-order valence-corrected chi connectivity index (χ2v) is 4.14. The van der Waals surface area contributed by atoms with Crippen LogP contribution in [0.3, 0.4) is 0 Å². The number of pyridine rings is 1. The largest absolute Gasteiger partial charge is 0.294 e. The van der Waals surface area contributed by atoms with Crippen LogP contribution < -0.4 is 11.3 Å². The number of nitrogens with one attached hydrogen (secondary N) is 1. The van der Waals surface area contributed by atoms with Gasteiger partial charge in [-0.25, -0.2) is 5.84 Å². The molecule has 1 amide bonds. The standard InChI is InChI=1S/C9H11N5OS/c10-11-8(15)4-6-16-9-13-12-7-3-1-2-5-14(7)9/h1-3,5H,4,6,10H2,(H,11,15). The fraction of sp³-hybridized carbons (Fsp3) is 0.222. The van der Waals surface area contributed by atoms with Gasteiger partial charge in [-0.05, 0) is 12.1 Å². The van der Waals surface area contributed by atoms with Gasteiger partial charge in [-0.2, -0.15) is 0 Å². The Kier molecular flexibility index (Phi) is 3.37. The van der Waals surface area contributed by atoms with E-state index in [1.54, 1.807) is 0 Å². The van der Waals surface area contributed by atoms with Crippen molar-refractivity contribution in [1.82, 2.24) is 20.0 Å². The molecule has 0 bridgehead atoms. The summed E-state index contributed by atoms with van der Waals surface area (Å²) in [5.41, 5.74) is 2.89. The van der Waals surface area contributed by atoms with Gasteiger partial charge in [-0.3, -0.25) is 14.6 Å². The van der Waals surface area contributed by atoms with Crippen LogP contribution in [0.15, 0.2) is 29.6 Å². The lowest BCUT2D eigenvalue weighted by molar-refractivity contribution is -0.120. The molecule has 0 aliphatic heterocycles. The van der Waals surface area contributed by atoms with E-state index in [0.717, 1.165) is 10.8 Å². The van der Waals surface area contributed by atoms with Crippen molar-refractivity contribution in [3.63, 3.8) is 0 Å². The van der Waals surface area contributed by atoms with Crippen molar-refractivity contribution >= 4 is 23.3 Å². The zero-order valence-corrected chi connectivity index (χ0v) is 9.28. The van der Waals surface area contributed by atoms with Gasteiger partial charge in [0, 0.05) is 18.4 Å². The van der Waals surface area contributed by atoms with Gasteiger partial charge in [-0.15, -0.1) is 10.2 Å². The highest BCUT2D eigenvalue weighted by Crippen LogP contribution is 2.16. The molecule has 2 aromatic rings. The molecule has 7 heteroatoms. The molecule has 0 radical (unpaired) electrons. The summed E-state index contributed by atoms with van der Waals surface area (Å²) in [7, 11) is 0. The molecule has 0 unspecified atom stereocenters. The van der Waals surface area contributed by atoms with Crippen LogP contribution in [0.5, 0.6) is 0 Å². The van der Waals surface area contributed by atoms with Crippen LogP contribution in [0.25, 0.3) is 5.65 Å². The Bertz CT molecular complexity index is 497. The Morgan fingerprint density at radius 2 is 2.38 bits per heavy atom. The smallest absolute Gasteiger partial charge is 0.234 e. The lowest BCUT2D eigenvalue weighted by atomic mass is 10.5. The minimum Gasteiger partial charge on any atom is -0.294 e. The van der Waals surface area contributed by atoms with Crippen molar-refractivity contribution in [3.8, 4) is 0 Å². The first-order valence-electron chi connectivity index (χ1n) is 4.73. The zero-order valence-electron chi connectivity index (χ0n) is 8.46. The van der Waals surface area contributed by atoms with Gasteiger partial charge >= 0.3 is 0 Å². The van der Waals surface area contributed by atoms with Crippen LogP contribution >= 0.6 is 11.8 Å². The average Bonchev–Trinajstić information content (AvgIpc) is 2.73. The van der Waals surface area contributed by atoms with Crippen LogP contribution in [-0.4, -0.2) is 26.3 Å². The van der Waals surface area contributed by atoms with Crippen LogP contribution in [0.1, 0.15) is 6.42 Å². The fourth-order valence-corrected chi connectivity index (χ4v) is 2.09. The Labute approximate surface area is 96.2 Å². The van der Waals surface area contributed by atoms with Crippen molar-refractivity contribution < 1.29 is 4.79 Å². The van der Waals surface area contributed by atoms with Crippen LogP contribution in [0, 0.1) is 0 Å². The summed E-state index contributed by atoms with van der Waals surface area (Å²) in [6.45, 7) is 0. The number of thioether (sulfide) groups is 1. The molecule has 0 spiro atoms. The number of carbonyl (C=O) groups excluding carboxylic acids is 1. The first kappa shape index (κ1) is 10.9. The lowest BCUT2D eigenvalue weighted by Crippen LogP contribution is -2.30. The highest BCUT2D eigenvalue weighted by Gasteiger charge is 2.06. The lowest BCUT2D eigenvalue weighted by Gasteiger charge is -1.99. The molecule has 84 valence electrons. The Morgan fingerprint density at radius 3 is 3.19 bits per heavy atom. The van der Waals surface area contributed by atoms with Gasteiger partial charge in [0.2, 0.25) is 5.91 Å². The van der Waals surface area contributed by atoms with E-state index in [-0.39, 0.29) is 5.91 Å². The number of hydrogen-bond donors (Lipinski definition) is 2. The first-order chi connectivity index (χ1) is 7.81. The number of rotatable bonds is 4. The maximum Gasteiger partial charge on any atom is 0.234 e. The van der Waals surface area contributed by atoms with Crippen molar-refractivity contribution in [3.05, 3.63) is 24.4 Å². The SMILES string of the molecule is NNC(=O)CCSc1nnc2ccccn12. The van der Waals surface area contributed by atoms with E-state index < -0.39 is 0 Å². The summed E-state index contributed by atoms with van der Waals surface area (Å²) >= 11 is 1.47. The third-order valence-electron chi connectivity index (χ3n) is 2.00. The molecule has 16 heavy (non-hydrogen) atoms. The number of amides is 1. The van der Waals surface area contributed by atoms with Crippen LogP contribution in [0.4, 0.5) is 0 Å². The van der Waals surface area contributed by atoms with Crippen molar-refractivity contribution in [1.29, 1.82) is 0 Å². The second kappa shape index (κ2) is 4.95. The topological polar surface area (TPSA) is 85.3 Å². The number of carbonyl (C=O) groups is 1. The monoisotopic (exact) mass is 237 g/mol. The number of hydrogen-bond acceptors (Lipinski definition) is 5. The Morgan fingerprint density at radius 1 is 1.50 bits per heavy atom. The summed E-state index contributed by atoms with van der Waals surface area (Å²) in [5, 5.41) is 8.81. The van der Waals surface area contributed by atoms with Gasteiger partial charge in [0.25, 0.3) is 0 Å². The predicted molar refractivity (Wildman–Crippen MR) is 60.7 cm³/mol. The van der Waals surface area contributed by atoms with Gasteiger partial charge in [-0.1, -0.05) is 17.8 Å². The molecular formula is C9H11N5OS. The fourth-order valence-electron chi connectivity index (χ4n) is 1.23. The number of fused-ring (bicyclic) bond motifs is 1. The second-order valence-electron chi connectivity index (χ2n) is 3.08. The molecule has 0 aliphatic rings. The molecule has 0 fully saturated rings. The molecule has 0 aromatic carbocycles. The molecular weight excluding hydrogens is 226 g/mol. The van der Waals surface area contributed by atoms with Gasteiger partial charge in [0.1, 0.15) is 0 Å². The van der Waals surface area contributed by atoms with Crippen LogP contribution in [-0.2, 0) is 4.79 Å². The maximum absolute atomic E-state index is 10.9. The molecule has 0 aliphatic carbocycles. The van der Waals surface area contributed by atoms with E-state index in [1.807, 2.05) is 28.8 Å². The highest BCUT2D eigenvalue weighted by molar-refractivity contribution is 7.99. The van der Waals surface area contributed by atoms with Crippen LogP contribution in [0.2, 0.25) is 0 Å². The van der Waals surface area contributed by atoms with Gasteiger partial charge in [0.15, 0.2) is 10.8 Å². The number of aromatic nitrogens is 3. The minimum atomic E-state index is -0.179.